The number of nitrogens with zero attached hydrogens (tertiary/aromatic N) is 1. The predicted molar refractivity (Wildman–Crippen MR) is 38.4 cm³/mol. The van der Waals surface area contributed by atoms with E-state index >= 15 is 0 Å². The van der Waals surface area contributed by atoms with Crippen LogP contribution in [0, 0.1) is 5.92 Å². The first-order chi connectivity index (χ1) is 3.93. The molecule has 1 aliphatic rings. The molecule has 1 aliphatic heterocycles. The third kappa shape index (κ3) is 1.67. The van der Waals surface area contributed by atoms with Gasteiger partial charge in [0.2, 0.25) is 0 Å². The molecule has 0 N–H and O–H groups in total. The van der Waals surface area contributed by atoms with Crippen molar-refractivity contribution >= 4 is 11.8 Å². The molecule has 1 radical (unpaired) electrons. The molecule has 1 nitrogen and oxygen atoms in total. The molecule has 0 spiro atoms. The van der Waals surface area contributed by atoms with Crippen molar-refractivity contribution in [3.05, 3.63) is 0 Å². The monoisotopic (exact) mass is 130 g/mol. The summed E-state index contributed by atoms with van der Waals surface area (Å²) in [6.45, 7) is 4.47. The van der Waals surface area contributed by atoms with E-state index in [0.717, 1.165) is 19.0 Å². The summed E-state index contributed by atoms with van der Waals surface area (Å²) in [7, 11) is 0. The van der Waals surface area contributed by atoms with Crippen LogP contribution < -0.4 is 5.32 Å². The molecule has 0 atom stereocenters. The summed E-state index contributed by atoms with van der Waals surface area (Å²) in [5, 5.41) is 4.14. The molecule has 0 unspecified atom stereocenters. The van der Waals surface area contributed by atoms with E-state index in [4.69, 9.17) is 0 Å². The standard InChI is InChI=1S/C6H12NS/c1-2-8-5-6-3-7-4-6/h6H,2-5H2,1H3. The summed E-state index contributed by atoms with van der Waals surface area (Å²) in [6, 6.07) is 0. The fraction of sp³-hybridized carbons (Fsp3) is 1.00. The molecule has 1 heterocycles. The maximum atomic E-state index is 4.14. The van der Waals surface area contributed by atoms with Crippen molar-refractivity contribution < 1.29 is 0 Å². The summed E-state index contributed by atoms with van der Waals surface area (Å²) < 4.78 is 0. The largest absolute Gasteiger partial charge is 0.241 e. The second kappa shape index (κ2) is 3.36. The van der Waals surface area contributed by atoms with E-state index in [1.165, 1.54) is 11.5 Å². The van der Waals surface area contributed by atoms with Crippen molar-refractivity contribution in [2.24, 2.45) is 5.92 Å². The highest BCUT2D eigenvalue weighted by Crippen LogP contribution is 2.12. The average molecular weight is 130 g/mol. The van der Waals surface area contributed by atoms with Crippen LogP contribution in [0.3, 0.4) is 0 Å². The van der Waals surface area contributed by atoms with E-state index in [2.05, 4.69) is 12.2 Å². The Hall–Kier alpha value is 0.310. The molecule has 1 rings (SSSR count). The van der Waals surface area contributed by atoms with Gasteiger partial charge in [-0.25, -0.2) is 5.32 Å². The van der Waals surface area contributed by atoms with E-state index < -0.39 is 0 Å². The van der Waals surface area contributed by atoms with Crippen LogP contribution in [0.15, 0.2) is 0 Å². The van der Waals surface area contributed by atoms with Gasteiger partial charge in [0.15, 0.2) is 0 Å². The second-order valence-corrected chi connectivity index (χ2v) is 3.43. The zero-order chi connectivity index (χ0) is 5.82. The first kappa shape index (κ1) is 6.43. The second-order valence-electron chi connectivity index (χ2n) is 2.11. The Balaban J connectivity index is 1.86. The van der Waals surface area contributed by atoms with Gasteiger partial charge >= 0.3 is 0 Å². The highest BCUT2D eigenvalue weighted by Gasteiger charge is 2.16. The highest BCUT2D eigenvalue weighted by atomic mass is 32.2. The number of hydrogen-bond donors (Lipinski definition) is 0. The predicted octanol–water partition coefficient (Wildman–Crippen LogP) is 0.974. The SMILES string of the molecule is CCSCC1C[N]C1. The molecular weight excluding hydrogens is 118 g/mol. The molecule has 8 heavy (non-hydrogen) atoms. The number of thioether (sulfide) groups is 1. The lowest BCUT2D eigenvalue weighted by Crippen LogP contribution is -2.37. The number of rotatable bonds is 3. The first-order valence-corrected chi connectivity index (χ1v) is 4.30. The van der Waals surface area contributed by atoms with Gasteiger partial charge in [-0.05, 0) is 17.4 Å². The van der Waals surface area contributed by atoms with Crippen LogP contribution in [0.25, 0.3) is 0 Å². The Morgan fingerprint density at radius 2 is 2.38 bits per heavy atom. The van der Waals surface area contributed by atoms with E-state index in [1.54, 1.807) is 0 Å². The molecular formula is C6H12NS. The third-order valence-corrected chi connectivity index (χ3v) is 2.45. The molecule has 0 aromatic carbocycles. The van der Waals surface area contributed by atoms with Crippen LogP contribution in [-0.4, -0.2) is 24.6 Å². The van der Waals surface area contributed by atoms with Crippen molar-refractivity contribution in [1.82, 2.24) is 5.32 Å². The van der Waals surface area contributed by atoms with Gasteiger partial charge in [-0.2, -0.15) is 11.8 Å². The van der Waals surface area contributed by atoms with Gasteiger partial charge in [0.05, 0.1) is 0 Å². The van der Waals surface area contributed by atoms with Crippen LogP contribution in [0.5, 0.6) is 0 Å². The van der Waals surface area contributed by atoms with Gasteiger partial charge in [-0.3, -0.25) is 0 Å². The zero-order valence-corrected chi connectivity index (χ0v) is 6.08. The first-order valence-electron chi connectivity index (χ1n) is 3.14. The molecule has 1 fully saturated rings. The van der Waals surface area contributed by atoms with Crippen molar-refractivity contribution in [3.8, 4) is 0 Å². The highest BCUT2D eigenvalue weighted by molar-refractivity contribution is 7.99. The van der Waals surface area contributed by atoms with Crippen LogP contribution in [0.2, 0.25) is 0 Å². The molecule has 0 aliphatic carbocycles. The van der Waals surface area contributed by atoms with Crippen LogP contribution in [0.1, 0.15) is 6.92 Å². The van der Waals surface area contributed by atoms with Gasteiger partial charge in [0, 0.05) is 13.1 Å². The Labute approximate surface area is 55.2 Å². The van der Waals surface area contributed by atoms with Gasteiger partial charge in [0.25, 0.3) is 0 Å². The van der Waals surface area contributed by atoms with Crippen molar-refractivity contribution in [2.75, 3.05) is 24.6 Å². The van der Waals surface area contributed by atoms with E-state index in [0.29, 0.717) is 0 Å². The molecule has 0 bridgehead atoms. The van der Waals surface area contributed by atoms with Crippen molar-refractivity contribution in [3.63, 3.8) is 0 Å². The van der Waals surface area contributed by atoms with Crippen molar-refractivity contribution in [1.29, 1.82) is 0 Å². The fourth-order valence-corrected chi connectivity index (χ4v) is 1.48. The van der Waals surface area contributed by atoms with Gasteiger partial charge < -0.3 is 0 Å². The summed E-state index contributed by atoms with van der Waals surface area (Å²) in [5.41, 5.74) is 0. The fourth-order valence-electron chi connectivity index (χ4n) is 0.702. The summed E-state index contributed by atoms with van der Waals surface area (Å²) in [4.78, 5) is 0. The Bertz CT molecular complexity index is 61.5. The minimum Gasteiger partial charge on any atom is -0.241 e. The quantitative estimate of drug-likeness (QED) is 0.555. The van der Waals surface area contributed by atoms with E-state index in [9.17, 15) is 0 Å². The normalized spacial score (nSPS) is 20.6. The lowest BCUT2D eigenvalue weighted by atomic mass is 10.1. The molecule has 0 aromatic rings. The maximum absolute atomic E-state index is 4.14. The lowest BCUT2D eigenvalue weighted by Gasteiger charge is -2.24. The molecule has 2 heteroatoms. The van der Waals surface area contributed by atoms with Crippen LogP contribution >= 0.6 is 11.8 Å². The Morgan fingerprint density at radius 3 is 2.75 bits per heavy atom. The summed E-state index contributed by atoms with van der Waals surface area (Å²) >= 11 is 2.03. The zero-order valence-electron chi connectivity index (χ0n) is 5.26. The summed E-state index contributed by atoms with van der Waals surface area (Å²) in [6.07, 6.45) is 0. The smallest absolute Gasteiger partial charge is 0.0182 e. The van der Waals surface area contributed by atoms with Crippen molar-refractivity contribution in [2.45, 2.75) is 6.92 Å². The van der Waals surface area contributed by atoms with E-state index in [-0.39, 0.29) is 0 Å². The van der Waals surface area contributed by atoms with E-state index in [1.807, 2.05) is 11.8 Å². The van der Waals surface area contributed by atoms with Gasteiger partial charge in [-0.1, -0.05) is 6.92 Å². The number of hydrogen-bond acceptors (Lipinski definition) is 1. The summed E-state index contributed by atoms with van der Waals surface area (Å²) in [5.74, 6) is 3.52. The minimum absolute atomic E-state index is 0.931. The Kier molecular flexibility index (Phi) is 2.70. The third-order valence-electron chi connectivity index (χ3n) is 1.33. The van der Waals surface area contributed by atoms with Crippen LogP contribution in [0.4, 0.5) is 0 Å². The molecule has 0 aromatic heterocycles. The Morgan fingerprint density at radius 1 is 1.62 bits per heavy atom. The minimum atomic E-state index is 0.931. The molecule has 1 saturated heterocycles. The molecule has 47 valence electrons. The molecule has 0 amide bonds. The topological polar surface area (TPSA) is 14.1 Å². The molecule has 0 saturated carbocycles. The average Bonchev–Trinajstić information content (AvgIpc) is 1.63. The van der Waals surface area contributed by atoms with Crippen LogP contribution in [-0.2, 0) is 0 Å². The van der Waals surface area contributed by atoms with Gasteiger partial charge in [-0.15, -0.1) is 0 Å². The maximum Gasteiger partial charge on any atom is 0.0182 e. The lowest BCUT2D eigenvalue weighted by molar-refractivity contribution is 0.375. The van der Waals surface area contributed by atoms with Gasteiger partial charge in [0.1, 0.15) is 0 Å².